The number of aryl methyl sites for hydroxylation is 1. The quantitative estimate of drug-likeness (QED) is 0.155. The third kappa shape index (κ3) is 8.62. The van der Waals surface area contributed by atoms with E-state index in [0.717, 1.165) is 15.4 Å². The molecule has 4 aromatic rings. The molecule has 4 aromatic carbocycles. The second kappa shape index (κ2) is 15.8. The van der Waals surface area contributed by atoms with E-state index in [4.69, 9.17) is 34.8 Å². The average molecular weight is 701 g/mol. The van der Waals surface area contributed by atoms with E-state index in [9.17, 15) is 18.0 Å². The normalized spacial score (nSPS) is 12.7. The molecule has 7 nitrogen and oxygen atoms in total. The first-order chi connectivity index (χ1) is 21.9. The highest BCUT2D eigenvalue weighted by Crippen LogP contribution is 2.30. The number of nitrogens with one attached hydrogen (secondary N) is 1. The van der Waals surface area contributed by atoms with Gasteiger partial charge in [-0.2, -0.15) is 0 Å². The third-order valence-corrected chi connectivity index (χ3v) is 10.6. The second-order valence-corrected chi connectivity index (χ2v) is 14.1. The van der Waals surface area contributed by atoms with Gasteiger partial charge in [-0.3, -0.25) is 13.9 Å². The second-order valence-electron chi connectivity index (χ2n) is 11.0. The molecule has 0 unspecified atom stereocenters. The van der Waals surface area contributed by atoms with E-state index in [-0.39, 0.29) is 35.5 Å². The fourth-order valence-corrected chi connectivity index (χ4v) is 6.95. The molecule has 242 valence electrons. The first-order valence-corrected chi connectivity index (χ1v) is 17.4. The van der Waals surface area contributed by atoms with Crippen molar-refractivity contribution in [3.63, 3.8) is 0 Å². The molecule has 0 radical (unpaired) electrons. The van der Waals surface area contributed by atoms with Gasteiger partial charge in [-0.1, -0.05) is 102 Å². The van der Waals surface area contributed by atoms with Gasteiger partial charge in [0.1, 0.15) is 12.6 Å². The van der Waals surface area contributed by atoms with Gasteiger partial charge in [0.25, 0.3) is 10.0 Å². The molecular weight excluding hydrogens is 665 g/mol. The Labute approximate surface area is 286 Å². The van der Waals surface area contributed by atoms with Crippen LogP contribution < -0.4 is 9.62 Å². The molecule has 0 aliphatic heterocycles. The van der Waals surface area contributed by atoms with E-state index in [1.807, 2.05) is 44.2 Å². The molecule has 0 heterocycles. The van der Waals surface area contributed by atoms with Crippen LogP contribution in [0.25, 0.3) is 0 Å². The maximum absolute atomic E-state index is 14.6. The van der Waals surface area contributed by atoms with Crippen molar-refractivity contribution in [3.8, 4) is 0 Å². The standard InChI is InChI=1S/C35H36Cl3N3O4S/c1-4-25(3)39-35(43)33(20-26-12-7-5-8-13-26)40(22-29-30(36)16-11-17-31(29)37)34(42)23-41(27-19-18-24(2)32(38)21-27)46(44,45)28-14-9-6-10-15-28/h5-19,21,25,33H,4,20,22-23H2,1-3H3,(H,39,43)/t25-,33+/m1/s1. The topological polar surface area (TPSA) is 86.8 Å². The van der Waals surface area contributed by atoms with Crippen molar-refractivity contribution in [2.24, 2.45) is 0 Å². The van der Waals surface area contributed by atoms with Crippen LogP contribution in [0.2, 0.25) is 15.1 Å². The SMILES string of the molecule is CC[C@@H](C)NC(=O)[C@H](Cc1ccccc1)N(Cc1c(Cl)cccc1Cl)C(=O)CN(c1ccc(C)c(Cl)c1)S(=O)(=O)c1ccccc1. The van der Waals surface area contributed by atoms with Crippen molar-refractivity contribution in [2.45, 2.75) is 57.1 Å². The van der Waals surface area contributed by atoms with Gasteiger partial charge in [-0.15, -0.1) is 0 Å². The third-order valence-electron chi connectivity index (χ3n) is 7.72. The van der Waals surface area contributed by atoms with Gasteiger partial charge in [0.2, 0.25) is 11.8 Å². The molecule has 4 rings (SSSR count). The molecule has 0 fully saturated rings. The summed E-state index contributed by atoms with van der Waals surface area (Å²) in [7, 11) is -4.25. The van der Waals surface area contributed by atoms with Crippen LogP contribution in [0.5, 0.6) is 0 Å². The summed E-state index contributed by atoms with van der Waals surface area (Å²) in [6.07, 6.45) is 0.837. The first kappa shape index (κ1) is 35.3. The molecule has 46 heavy (non-hydrogen) atoms. The highest BCUT2D eigenvalue weighted by Gasteiger charge is 2.35. The lowest BCUT2D eigenvalue weighted by atomic mass is 10.0. The van der Waals surface area contributed by atoms with Gasteiger partial charge in [-0.25, -0.2) is 8.42 Å². The predicted molar refractivity (Wildman–Crippen MR) is 186 cm³/mol. The molecule has 0 aliphatic rings. The molecular formula is C35H36Cl3N3O4S. The average Bonchev–Trinajstić information content (AvgIpc) is 3.04. The summed E-state index contributed by atoms with van der Waals surface area (Å²) in [6.45, 7) is 4.86. The maximum Gasteiger partial charge on any atom is 0.264 e. The number of carbonyl (C=O) groups excluding carboxylic acids is 2. The molecule has 1 N–H and O–H groups in total. The number of hydrogen-bond donors (Lipinski definition) is 1. The van der Waals surface area contributed by atoms with E-state index in [1.165, 1.54) is 23.1 Å². The van der Waals surface area contributed by atoms with Crippen LogP contribution in [0.3, 0.4) is 0 Å². The summed E-state index contributed by atoms with van der Waals surface area (Å²) >= 11 is 19.6. The lowest BCUT2D eigenvalue weighted by Crippen LogP contribution is -2.54. The molecule has 2 atom stereocenters. The van der Waals surface area contributed by atoms with E-state index in [2.05, 4.69) is 5.32 Å². The molecule has 2 amide bonds. The smallest absolute Gasteiger partial charge is 0.264 e. The molecule has 0 aromatic heterocycles. The summed E-state index contributed by atoms with van der Waals surface area (Å²) in [5.41, 5.74) is 2.19. The zero-order valence-corrected chi connectivity index (χ0v) is 28.9. The zero-order valence-electron chi connectivity index (χ0n) is 25.8. The van der Waals surface area contributed by atoms with Crippen molar-refractivity contribution in [3.05, 3.63) is 129 Å². The highest BCUT2D eigenvalue weighted by atomic mass is 35.5. The van der Waals surface area contributed by atoms with Gasteiger partial charge in [0.05, 0.1) is 10.6 Å². The summed E-state index contributed by atoms with van der Waals surface area (Å²) in [4.78, 5) is 29.9. The highest BCUT2D eigenvalue weighted by molar-refractivity contribution is 7.92. The van der Waals surface area contributed by atoms with Crippen LogP contribution in [-0.2, 0) is 32.6 Å². The fourth-order valence-electron chi connectivity index (χ4n) is 4.83. The Morgan fingerprint density at radius 3 is 2.02 bits per heavy atom. The minimum Gasteiger partial charge on any atom is -0.352 e. The van der Waals surface area contributed by atoms with Crippen LogP contribution in [0, 0.1) is 6.92 Å². The lowest BCUT2D eigenvalue weighted by Gasteiger charge is -2.34. The molecule has 0 aliphatic carbocycles. The minimum absolute atomic E-state index is 0.00413. The summed E-state index contributed by atoms with van der Waals surface area (Å²) in [6, 6.07) is 25.7. The Balaban J connectivity index is 1.85. The molecule has 0 saturated heterocycles. The van der Waals surface area contributed by atoms with Crippen LogP contribution in [-0.4, -0.2) is 43.8 Å². The van der Waals surface area contributed by atoms with Gasteiger partial charge >= 0.3 is 0 Å². The van der Waals surface area contributed by atoms with E-state index < -0.39 is 28.5 Å². The summed E-state index contributed by atoms with van der Waals surface area (Å²) < 4.78 is 29.3. The van der Waals surface area contributed by atoms with Gasteiger partial charge < -0.3 is 10.2 Å². The summed E-state index contributed by atoms with van der Waals surface area (Å²) in [5.74, 6) is -1.02. The van der Waals surface area contributed by atoms with Gasteiger partial charge in [-0.05, 0) is 67.8 Å². The van der Waals surface area contributed by atoms with E-state index in [1.54, 1.807) is 55.5 Å². The molecule has 0 saturated carbocycles. The number of rotatable bonds is 13. The lowest BCUT2D eigenvalue weighted by molar-refractivity contribution is -0.140. The van der Waals surface area contributed by atoms with Crippen molar-refractivity contribution in [2.75, 3.05) is 10.8 Å². The van der Waals surface area contributed by atoms with E-state index >= 15 is 0 Å². The zero-order chi connectivity index (χ0) is 33.4. The number of anilines is 1. The summed E-state index contributed by atoms with van der Waals surface area (Å²) in [5, 5.41) is 3.97. The fraction of sp³-hybridized carbons (Fsp3) is 0.257. The number of amides is 2. The number of carbonyl (C=O) groups is 2. The number of halogens is 3. The Kier molecular flexibility index (Phi) is 12.1. The van der Waals surface area contributed by atoms with Crippen LogP contribution in [0.1, 0.15) is 37.0 Å². The minimum atomic E-state index is -4.25. The van der Waals surface area contributed by atoms with Crippen LogP contribution in [0.4, 0.5) is 5.69 Å². The Morgan fingerprint density at radius 1 is 0.826 bits per heavy atom. The van der Waals surface area contributed by atoms with Crippen LogP contribution in [0.15, 0.2) is 102 Å². The molecule has 0 bridgehead atoms. The predicted octanol–water partition coefficient (Wildman–Crippen LogP) is 7.71. The number of benzene rings is 4. The Hall–Kier alpha value is -3.56. The maximum atomic E-state index is 14.6. The van der Waals surface area contributed by atoms with Gasteiger partial charge in [0, 0.05) is 39.6 Å². The molecule has 11 heteroatoms. The Bertz CT molecular complexity index is 1750. The largest absolute Gasteiger partial charge is 0.352 e. The van der Waals surface area contributed by atoms with Crippen LogP contribution >= 0.6 is 34.8 Å². The van der Waals surface area contributed by atoms with Crippen molar-refractivity contribution in [1.29, 1.82) is 0 Å². The van der Waals surface area contributed by atoms with Gasteiger partial charge in [0.15, 0.2) is 0 Å². The first-order valence-electron chi connectivity index (χ1n) is 14.8. The van der Waals surface area contributed by atoms with Crippen molar-refractivity contribution >= 4 is 62.3 Å². The van der Waals surface area contributed by atoms with Crippen molar-refractivity contribution in [1.82, 2.24) is 10.2 Å². The molecule has 0 spiro atoms. The number of hydrogen-bond acceptors (Lipinski definition) is 4. The van der Waals surface area contributed by atoms with Crippen molar-refractivity contribution < 1.29 is 18.0 Å². The Morgan fingerprint density at radius 2 is 1.43 bits per heavy atom. The number of nitrogens with zero attached hydrogens (tertiary/aromatic N) is 2. The monoisotopic (exact) mass is 699 g/mol. The van der Waals surface area contributed by atoms with E-state index in [0.29, 0.717) is 27.1 Å². The number of sulfonamides is 1.